The number of alkyl halides is 2. The Labute approximate surface area is 150 Å². The van der Waals surface area contributed by atoms with Gasteiger partial charge in [-0.25, -0.2) is 8.78 Å². The molecule has 1 heterocycles. The van der Waals surface area contributed by atoms with Crippen LogP contribution in [0.4, 0.5) is 8.78 Å². The first-order valence-corrected chi connectivity index (χ1v) is 8.97. The quantitative estimate of drug-likeness (QED) is 0.867. The van der Waals surface area contributed by atoms with Crippen molar-refractivity contribution in [3.63, 3.8) is 0 Å². The van der Waals surface area contributed by atoms with Gasteiger partial charge in [0.25, 0.3) is 11.8 Å². The maximum absolute atomic E-state index is 13.3. The Hall–Kier alpha value is -2.18. The lowest BCUT2D eigenvalue weighted by Gasteiger charge is -2.15. The van der Waals surface area contributed by atoms with Crippen molar-refractivity contribution in [1.29, 1.82) is 0 Å². The minimum Gasteiger partial charge on any atom is -0.489 e. The predicted molar refractivity (Wildman–Crippen MR) is 90.8 cm³/mol. The highest BCUT2D eigenvalue weighted by Crippen LogP contribution is 2.58. The van der Waals surface area contributed by atoms with Gasteiger partial charge in [0.15, 0.2) is 0 Å². The molecular weight excluding hydrogens is 342 g/mol. The molecule has 0 aromatic heterocycles. The van der Waals surface area contributed by atoms with Gasteiger partial charge in [-0.1, -0.05) is 6.92 Å². The van der Waals surface area contributed by atoms with Crippen LogP contribution in [0.15, 0.2) is 12.1 Å². The Morgan fingerprint density at radius 3 is 2.42 bits per heavy atom. The SMILES string of the molecule is CNC(=O)c1cc(C(=O)NC2[C@H]3CC(F)(F)C[C@@H]23)cc2c1O[C@H](C)[C@H]2C. The second kappa shape index (κ2) is 5.66. The van der Waals surface area contributed by atoms with E-state index in [9.17, 15) is 18.4 Å². The lowest BCUT2D eigenvalue weighted by molar-refractivity contribution is -0.00623. The zero-order chi connectivity index (χ0) is 18.8. The van der Waals surface area contributed by atoms with Crippen molar-refractivity contribution in [3.8, 4) is 5.75 Å². The average Bonchev–Trinajstić information content (AvgIpc) is 2.93. The maximum atomic E-state index is 13.3. The summed E-state index contributed by atoms with van der Waals surface area (Å²) in [4.78, 5) is 24.9. The Balaban J connectivity index is 1.57. The second-order valence-electron chi connectivity index (χ2n) is 7.72. The molecule has 2 fully saturated rings. The van der Waals surface area contributed by atoms with Gasteiger partial charge in [-0.15, -0.1) is 0 Å². The van der Waals surface area contributed by atoms with Crippen LogP contribution in [0.2, 0.25) is 0 Å². The Morgan fingerprint density at radius 2 is 1.81 bits per heavy atom. The van der Waals surface area contributed by atoms with Crippen molar-refractivity contribution in [2.24, 2.45) is 11.8 Å². The van der Waals surface area contributed by atoms with E-state index in [1.54, 1.807) is 6.07 Å². The van der Waals surface area contributed by atoms with Gasteiger partial charge in [-0.05, 0) is 30.9 Å². The van der Waals surface area contributed by atoms with Crippen molar-refractivity contribution >= 4 is 11.8 Å². The van der Waals surface area contributed by atoms with E-state index in [-0.39, 0.29) is 54.6 Å². The molecule has 5 atom stereocenters. The summed E-state index contributed by atoms with van der Waals surface area (Å²) < 4.78 is 32.4. The molecule has 2 N–H and O–H groups in total. The zero-order valence-corrected chi connectivity index (χ0v) is 14.9. The van der Waals surface area contributed by atoms with Crippen LogP contribution in [-0.4, -0.2) is 36.9 Å². The monoisotopic (exact) mass is 364 g/mol. The van der Waals surface area contributed by atoms with Crippen LogP contribution >= 0.6 is 0 Å². The van der Waals surface area contributed by atoms with Gasteiger partial charge in [0.05, 0.1) is 5.56 Å². The molecule has 0 radical (unpaired) electrons. The molecule has 0 bridgehead atoms. The van der Waals surface area contributed by atoms with Crippen LogP contribution in [0.3, 0.4) is 0 Å². The first-order chi connectivity index (χ1) is 12.2. The molecule has 140 valence electrons. The van der Waals surface area contributed by atoms with E-state index in [4.69, 9.17) is 4.74 Å². The Bertz CT molecular complexity index is 781. The number of carbonyl (C=O) groups excluding carboxylic acids is 2. The molecular formula is C19H22F2N2O3. The van der Waals surface area contributed by atoms with E-state index in [0.29, 0.717) is 16.9 Å². The molecule has 1 aliphatic heterocycles. The summed E-state index contributed by atoms with van der Waals surface area (Å²) in [6.07, 6.45) is -0.395. The largest absolute Gasteiger partial charge is 0.489 e. The van der Waals surface area contributed by atoms with Crippen molar-refractivity contribution in [3.05, 3.63) is 28.8 Å². The molecule has 7 heteroatoms. The molecule has 1 aromatic rings. The van der Waals surface area contributed by atoms with Gasteiger partial charge in [0, 0.05) is 43.0 Å². The second-order valence-corrected chi connectivity index (χ2v) is 7.72. The maximum Gasteiger partial charge on any atom is 0.254 e. The van der Waals surface area contributed by atoms with E-state index in [0.717, 1.165) is 5.56 Å². The summed E-state index contributed by atoms with van der Waals surface area (Å²) in [5.41, 5.74) is 1.52. The fourth-order valence-electron chi connectivity index (χ4n) is 4.32. The molecule has 0 spiro atoms. The van der Waals surface area contributed by atoms with Crippen molar-refractivity contribution in [2.75, 3.05) is 7.05 Å². The van der Waals surface area contributed by atoms with E-state index in [2.05, 4.69) is 10.6 Å². The standard InChI is InChI=1S/C19H22F2N2O3/c1-8-9(2)26-16-11(8)4-10(5-12(16)18(25)22-3)17(24)23-15-13-6-19(20,21)7-14(13)15/h4-5,8-9,13-15H,6-7H2,1-3H3,(H,22,25)(H,23,24)/t8-,9-,13-,14+,15?/m1/s1. The molecule has 3 aliphatic rings. The first kappa shape index (κ1) is 17.2. The number of amides is 2. The molecule has 1 unspecified atom stereocenters. The number of rotatable bonds is 3. The van der Waals surface area contributed by atoms with Crippen LogP contribution < -0.4 is 15.4 Å². The summed E-state index contributed by atoms with van der Waals surface area (Å²) in [6, 6.07) is 3.08. The highest BCUT2D eigenvalue weighted by Gasteiger charge is 2.63. The molecule has 4 rings (SSSR count). The third kappa shape index (κ3) is 2.64. The smallest absolute Gasteiger partial charge is 0.254 e. The number of benzene rings is 1. The predicted octanol–water partition coefficient (Wildman–Crippen LogP) is 2.70. The van der Waals surface area contributed by atoms with Gasteiger partial charge < -0.3 is 15.4 Å². The van der Waals surface area contributed by atoms with Gasteiger partial charge >= 0.3 is 0 Å². The van der Waals surface area contributed by atoms with E-state index in [1.807, 2.05) is 13.8 Å². The molecule has 2 aliphatic carbocycles. The van der Waals surface area contributed by atoms with E-state index < -0.39 is 5.92 Å². The van der Waals surface area contributed by atoms with E-state index >= 15 is 0 Å². The van der Waals surface area contributed by atoms with Gasteiger partial charge in [-0.2, -0.15) is 0 Å². The van der Waals surface area contributed by atoms with Crippen molar-refractivity contribution < 1.29 is 23.1 Å². The molecule has 2 amide bonds. The van der Waals surface area contributed by atoms with Gasteiger partial charge in [0.1, 0.15) is 11.9 Å². The number of halogens is 2. The average molecular weight is 364 g/mol. The fourth-order valence-corrected chi connectivity index (χ4v) is 4.32. The van der Waals surface area contributed by atoms with Crippen LogP contribution in [0.25, 0.3) is 0 Å². The summed E-state index contributed by atoms with van der Waals surface area (Å²) >= 11 is 0. The highest BCUT2D eigenvalue weighted by atomic mass is 19.3. The summed E-state index contributed by atoms with van der Waals surface area (Å²) in [6.45, 7) is 3.91. The van der Waals surface area contributed by atoms with Crippen LogP contribution in [-0.2, 0) is 0 Å². The number of carbonyl (C=O) groups is 2. The third-order valence-corrected chi connectivity index (χ3v) is 6.05. The number of ether oxygens (including phenoxy) is 1. The van der Waals surface area contributed by atoms with E-state index in [1.165, 1.54) is 13.1 Å². The summed E-state index contributed by atoms with van der Waals surface area (Å²) in [5, 5.41) is 5.43. The Kier molecular flexibility index (Phi) is 3.75. The van der Waals surface area contributed by atoms with Crippen LogP contribution in [0.5, 0.6) is 5.75 Å². The Morgan fingerprint density at radius 1 is 1.15 bits per heavy atom. The molecule has 0 saturated heterocycles. The molecule has 5 nitrogen and oxygen atoms in total. The summed E-state index contributed by atoms with van der Waals surface area (Å²) in [5.74, 6) is -2.94. The number of hydrogen-bond donors (Lipinski definition) is 2. The van der Waals surface area contributed by atoms with Gasteiger partial charge in [0.2, 0.25) is 5.92 Å². The van der Waals surface area contributed by atoms with Crippen molar-refractivity contribution in [1.82, 2.24) is 10.6 Å². The fraction of sp³-hybridized carbons (Fsp3) is 0.579. The lowest BCUT2D eigenvalue weighted by Crippen LogP contribution is -2.31. The third-order valence-electron chi connectivity index (χ3n) is 6.05. The first-order valence-electron chi connectivity index (χ1n) is 8.97. The molecule has 1 aromatic carbocycles. The minimum absolute atomic E-state index is 0.0557. The highest BCUT2D eigenvalue weighted by molar-refractivity contribution is 6.02. The molecule has 2 saturated carbocycles. The normalized spacial score (nSPS) is 33.0. The molecule has 26 heavy (non-hydrogen) atoms. The topological polar surface area (TPSA) is 67.4 Å². The number of hydrogen-bond acceptors (Lipinski definition) is 3. The number of nitrogens with one attached hydrogen (secondary N) is 2. The van der Waals surface area contributed by atoms with Crippen LogP contribution in [0, 0.1) is 11.8 Å². The lowest BCUT2D eigenvalue weighted by atomic mass is 9.94. The van der Waals surface area contributed by atoms with Crippen molar-refractivity contribution in [2.45, 2.75) is 50.7 Å². The minimum atomic E-state index is -2.60. The summed E-state index contributed by atoms with van der Waals surface area (Å²) in [7, 11) is 1.52. The number of fused-ring (bicyclic) bond motifs is 2. The van der Waals surface area contributed by atoms with Gasteiger partial charge in [-0.3, -0.25) is 9.59 Å². The zero-order valence-electron chi connectivity index (χ0n) is 14.9. The van der Waals surface area contributed by atoms with Crippen LogP contribution in [0.1, 0.15) is 58.9 Å².